The third-order valence-electron chi connectivity index (χ3n) is 1.80. The third-order valence-corrected chi connectivity index (χ3v) is 1.80. The summed E-state index contributed by atoms with van der Waals surface area (Å²) in [5.41, 5.74) is 5.72. The first-order chi connectivity index (χ1) is 7.29. The number of carbonyl (C=O) groups excluding carboxylic acids is 1. The number of nitrogens with two attached hydrogens (primary N) is 1. The quantitative estimate of drug-likeness (QED) is 0.806. The molecule has 0 aromatic heterocycles. The number of benzene rings is 1. The van der Waals surface area contributed by atoms with Gasteiger partial charge in [-0.05, 0) is 12.0 Å². The number of ether oxygens (including phenoxy) is 2. The number of rotatable bonds is 2. The van der Waals surface area contributed by atoms with Gasteiger partial charge in [0.15, 0.2) is 0 Å². The molecule has 0 bridgehead atoms. The highest BCUT2D eigenvalue weighted by atomic mass is 16.5. The van der Waals surface area contributed by atoms with Crippen LogP contribution in [-0.2, 0) is 16.1 Å². The molecule has 1 aromatic carbocycles. The fraction of sp³-hybridized carbons (Fsp3) is 0.364. The van der Waals surface area contributed by atoms with Gasteiger partial charge >= 0.3 is 6.09 Å². The number of primary amides is 1. The summed E-state index contributed by atoms with van der Waals surface area (Å²) in [6, 6.07) is 9.37. The first-order valence-corrected chi connectivity index (χ1v) is 4.83. The molecule has 1 amide bonds. The molecular formula is C11H15NO3. The maximum atomic E-state index is 10.2. The summed E-state index contributed by atoms with van der Waals surface area (Å²) in [6.45, 7) is 2.25. The average molecular weight is 209 g/mol. The van der Waals surface area contributed by atoms with Crippen LogP contribution in [0.15, 0.2) is 30.3 Å². The zero-order valence-corrected chi connectivity index (χ0v) is 8.52. The van der Waals surface area contributed by atoms with Gasteiger partial charge in [-0.15, -0.1) is 0 Å². The summed E-state index contributed by atoms with van der Waals surface area (Å²) in [6.07, 6.45) is 0.536. The Morgan fingerprint density at radius 2 is 1.87 bits per heavy atom. The van der Waals surface area contributed by atoms with Gasteiger partial charge in [0.25, 0.3) is 0 Å². The minimum atomic E-state index is -0.742. The van der Waals surface area contributed by atoms with Gasteiger partial charge in [0.2, 0.25) is 0 Å². The Hall–Kier alpha value is -1.55. The largest absolute Gasteiger partial charge is 0.445 e. The molecule has 1 saturated heterocycles. The normalized spacial score (nSPS) is 13.1. The smallest absolute Gasteiger partial charge is 0.404 e. The lowest BCUT2D eigenvalue weighted by atomic mass is 10.2. The summed E-state index contributed by atoms with van der Waals surface area (Å²) in [5.74, 6) is 0. The van der Waals surface area contributed by atoms with E-state index in [0.717, 1.165) is 18.8 Å². The molecule has 82 valence electrons. The van der Waals surface area contributed by atoms with Crippen molar-refractivity contribution in [3.63, 3.8) is 0 Å². The van der Waals surface area contributed by atoms with Crippen molar-refractivity contribution in [2.24, 2.45) is 5.73 Å². The Morgan fingerprint density at radius 1 is 1.33 bits per heavy atom. The molecule has 4 heteroatoms. The van der Waals surface area contributed by atoms with E-state index in [0.29, 0.717) is 0 Å². The fourth-order valence-electron chi connectivity index (χ4n) is 0.873. The van der Waals surface area contributed by atoms with Crippen molar-refractivity contribution in [1.29, 1.82) is 0 Å². The maximum absolute atomic E-state index is 10.2. The van der Waals surface area contributed by atoms with Gasteiger partial charge in [0.1, 0.15) is 6.61 Å². The second kappa shape index (κ2) is 6.84. The van der Waals surface area contributed by atoms with Crippen LogP contribution in [0.4, 0.5) is 4.79 Å². The molecule has 0 spiro atoms. The van der Waals surface area contributed by atoms with E-state index in [1.807, 2.05) is 30.3 Å². The predicted molar refractivity (Wildman–Crippen MR) is 56.3 cm³/mol. The van der Waals surface area contributed by atoms with Crippen LogP contribution in [0.1, 0.15) is 12.0 Å². The van der Waals surface area contributed by atoms with Crippen molar-refractivity contribution >= 4 is 6.09 Å². The number of hydrogen-bond acceptors (Lipinski definition) is 3. The monoisotopic (exact) mass is 209 g/mol. The zero-order valence-electron chi connectivity index (χ0n) is 8.52. The highest BCUT2D eigenvalue weighted by Crippen LogP contribution is 1.99. The topological polar surface area (TPSA) is 61.5 Å². The van der Waals surface area contributed by atoms with Crippen LogP contribution in [0.25, 0.3) is 0 Å². The van der Waals surface area contributed by atoms with Gasteiger partial charge in [-0.3, -0.25) is 0 Å². The van der Waals surface area contributed by atoms with Crippen molar-refractivity contribution in [3.8, 4) is 0 Å². The number of carbonyl (C=O) groups is 1. The molecule has 2 N–H and O–H groups in total. The molecule has 1 fully saturated rings. The standard InChI is InChI=1S/C8H9NO2.C3H6O/c9-8(10)11-6-7-4-2-1-3-5-7;1-2-4-3-1/h1-5H,6H2,(H2,9,10);1-3H2. The lowest BCUT2D eigenvalue weighted by Crippen LogP contribution is -2.12. The Balaban J connectivity index is 0.000000234. The average Bonchev–Trinajstić information content (AvgIpc) is 2.14. The van der Waals surface area contributed by atoms with Crippen molar-refractivity contribution in [2.45, 2.75) is 13.0 Å². The van der Waals surface area contributed by atoms with Gasteiger partial charge in [-0.2, -0.15) is 0 Å². The van der Waals surface area contributed by atoms with E-state index in [9.17, 15) is 4.79 Å². The highest BCUT2D eigenvalue weighted by Gasteiger charge is 1.94. The molecule has 1 heterocycles. The van der Waals surface area contributed by atoms with Crippen LogP contribution in [0.5, 0.6) is 0 Å². The summed E-state index contributed by atoms with van der Waals surface area (Å²) in [5, 5.41) is 0. The molecule has 0 atom stereocenters. The SMILES string of the molecule is C1COC1.NC(=O)OCc1ccccc1. The van der Waals surface area contributed by atoms with Gasteiger partial charge < -0.3 is 15.2 Å². The summed E-state index contributed by atoms with van der Waals surface area (Å²) in [7, 11) is 0. The Kier molecular flexibility index (Phi) is 5.25. The van der Waals surface area contributed by atoms with E-state index in [1.54, 1.807) is 0 Å². The highest BCUT2D eigenvalue weighted by molar-refractivity contribution is 5.64. The van der Waals surface area contributed by atoms with Crippen LogP contribution in [0, 0.1) is 0 Å². The van der Waals surface area contributed by atoms with E-state index in [-0.39, 0.29) is 6.61 Å². The van der Waals surface area contributed by atoms with Gasteiger partial charge in [-0.25, -0.2) is 4.79 Å². The van der Waals surface area contributed by atoms with E-state index in [2.05, 4.69) is 4.74 Å². The molecule has 2 rings (SSSR count). The Labute approximate surface area is 89.0 Å². The summed E-state index contributed by atoms with van der Waals surface area (Å²) < 4.78 is 9.29. The molecule has 0 saturated carbocycles. The van der Waals surface area contributed by atoms with Crippen LogP contribution in [0.2, 0.25) is 0 Å². The molecule has 15 heavy (non-hydrogen) atoms. The summed E-state index contributed by atoms with van der Waals surface area (Å²) in [4.78, 5) is 10.2. The van der Waals surface area contributed by atoms with Crippen molar-refractivity contribution < 1.29 is 14.3 Å². The molecule has 0 aliphatic carbocycles. The van der Waals surface area contributed by atoms with Crippen LogP contribution in [-0.4, -0.2) is 19.3 Å². The Bertz CT molecular complexity index is 279. The van der Waals surface area contributed by atoms with Crippen molar-refractivity contribution in [3.05, 3.63) is 35.9 Å². The second-order valence-electron chi connectivity index (χ2n) is 3.06. The molecule has 0 radical (unpaired) electrons. The lowest BCUT2D eigenvalue weighted by molar-refractivity contribution is 0.0367. The van der Waals surface area contributed by atoms with Crippen molar-refractivity contribution in [2.75, 3.05) is 13.2 Å². The molecule has 1 aromatic rings. The second-order valence-corrected chi connectivity index (χ2v) is 3.06. The van der Waals surface area contributed by atoms with E-state index in [1.165, 1.54) is 6.42 Å². The molecule has 4 nitrogen and oxygen atoms in total. The minimum absolute atomic E-state index is 0.246. The van der Waals surface area contributed by atoms with Gasteiger partial charge in [0, 0.05) is 13.2 Å². The third kappa shape index (κ3) is 5.70. The van der Waals surface area contributed by atoms with E-state index >= 15 is 0 Å². The van der Waals surface area contributed by atoms with Gasteiger partial charge in [-0.1, -0.05) is 30.3 Å². The molecule has 1 aliphatic rings. The number of amides is 1. The fourth-order valence-corrected chi connectivity index (χ4v) is 0.873. The van der Waals surface area contributed by atoms with Crippen LogP contribution in [0.3, 0.4) is 0 Å². The number of hydrogen-bond donors (Lipinski definition) is 1. The minimum Gasteiger partial charge on any atom is -0.445 e. The van der Waals surface area contributed by atoms with E-state index in [4.69, 9.17) is 10.5 Å². The summed E-state index contributed by atoms with van der Waals surface area (Å²) >= 11 is 0. The molecular weight excluding hydrogens is 194 g/mol. The zero-order chi connectivity index (χ0) is 10.9. The predicted octanol–water partition coefficient (Wildman–Crippen LogP) is 1.69. The molecule has 1 aliphatic heterocycles. The van der Waals surface area contributed by atoms with Gasteiger partial charge in [0.05, 0.1) is 0 Å². The first-order valence-electron chi connectivity index (χ1n) is 4.83. The Morgan fingerprint density at radius 3 is 2.27 bits per heavy atom. The van der Waals surface area contributed by atoms with E-state index < -0.39 is 6.09 Å². The van der Waals surface area contributed by atoms with Crippen LogP contribution < -0.4 is 5.73 Å². The molecule has 0 unspecified atom stereocenters. The van der Waals surface area contributed by atoms with Crippen LogP contribution >= 0.6 is 0 Å². The maximum Gasteiger partial charge on any atom is 0.404 e. The lowest BCUT2D eigenvalue weighted by Gasteiger charge is -2.09. The first kappa shape index (κ1) is 11.5. The van der Waals surface area contributed by atoms with Crippen molar-refractivity contribution in [1.82, 2.24) is 0 Å².